The molecule has 116 valence electrons. The summed E-state index contributed by atoms with van der Waals surface area (Å²) >= 11 is 5.54. The highest BCUT2D eigenvalue weighted by molar-refractivity contribution is 6.27. The summed E-state index contributed by atoms with van der Waals surface area (Å²) in [7, 11) is 0. The number of nitrogens with zero attached hydrogens (tertiary/aromatic N) is 1. The minimum atomic E-state index is -0.0447. The summed E-state index contributed by atoms with van der Waals surface area (Å²) in [6.45, 7) is 4.31. The molecule has 4 heteroatoms. The Balaban J connectivity index is 1.83. The number of carbonyl (C=O) groups excluding carboxylic acids is 1. The van der Waals surface area contributed by atoms with E-state index in [2.05, 4.69) is 47.5 Å². The first-order valence-electron chi connectivity index (χ1n) is 7.86. The predicted molar refractivity (Wildman–Crippen MR) is 87.4 cm³/mol. The van der Waals surface area contributed by atoms with Crippen LogP contribution >= 0.6 is 11.6 Å². The summed E-state index contributed by atoms with van der Waals surface area (Å²) in [5.41, 5.74) is 1.37. The molecule has 1 aromatic rings. The van der Waals surface area contributed by atoms with Gasteiger partial charge in [0, 0.05) is 18.6 Å². The van der Waals surface area contributed by atoms with Crippen LogP contribution in [0.25, 0.3) is 0 Å². The highest BCUT2D eigenvalue weighted by Gasteiger charge is 2.25. The molecule has 0 heterocycles. The Bertz CT molecular complexity index is 430. The van der Waals surface area contributed by atoms with Gasteiger partial charge in [-0.1, -0.05) is 37.3 Å². The molecule has 1 aliphatic rings. The third-order valence-corrected chi connectivity index (χ3v) is 4.58. The van der Waals surface area contributed by atoms with Crippen molar-refractivity contribution in [3.05, 3.63) is 35.9 Å². The zero-order chi connectivity index (χ0) is 15.1. The van der Waals surface area contributed by atoms with Gasteiger partial charge in [-0.05, 0) is 37.8 Å². The molecular formula is C17H25ClN2O. The molecule has 1 aromatic carbocycles. The maximum atomic E-state index is 11.3. The Morgan fingerprint density at radius 1 is 1.24 bits per heavy atom. The first-order chi connectivity index (χ1) is 10.2. The van der Waals surface area contributed by atoms with Crippen molar-refractivity contribution in [2.75, 3.05) is 12.4 Å². The van der Waals surface area contributed by atoms with Gasteiger partial charge in [0.2, 0.25) is 5.91 Å². The molecule has 1 amide bonds. The number of rotatable bonds is 6. The van der Waals surface area contributed by atoms with Crippen molar-refractivity contribution in [1.82, 2.24) is 10.2 Å². The Labute approximate surface area is 132 Å². The molecule has 1 fully saturated rings. The lowest BCUT2D eigenvalue weighted by Crippen LogP contribution is -2.44. The molecule has 0 spiro atoms. The van der Waals surface area contributed by atoms with E-state index in [1.807, 2.05) is 0 Å². The first-order valence-corrected chi connectivity index (χ1v) is 8.39. The van der Waals surface area contributed by atoms with Crippen LogP contribution in [0.15, 0.2) is 30.3 Å². The van der Waals surface area contributed by atoms with Gasteiger partial charge < -0.3 is 5.32 Å². The van der Waals surface area contributed by atoms with Crippen LogP contribution in [0.1, 0.15) is 38.2 Å². The van der Waals surface area contributed by atoms with Crippen LogP contribution in [0, 0.1) is 0 Å². The van der Waals surface area contributed by atoms with E-state index in [-0.39, 0.29) is 11.8 Å². The molecule has 1 N–H and O–H groups in total. The maximum Gasteiger partial charge on any atom is 0.235 e. The van der Waals surface area contributed by atoms with Gasteiger partial charge in [0.15, 0.2) is 0 Å². The molecule has 0 saturated heterocycles. The predicted octanol–water partition coefficient (Wildman–Crippen LogP) is 3.17. The third-order valence-electron chi connectivity index (χ3n) is 4.33. The average Bonchev–Trinajstić information content (AvgIpc) is 2.54. The van der Waals surface area contributed by atoms with Crippen molar-refractivity contribution in [3.8, 4) is 0 Å². The molecule has 3 nitrogen and oxygen atoms in total. The summed E-state index contributed by atoms with van der Waals surface area (Å²) in [5, 5.41) is 3.01. The van der Waals surface area contributed by atoms with Crippen LogP contribution < -0.4 is 5.32 Å². The van der Waals surface area contributed by atoms with Crippen molar-refractivity contribution >= 4 is 17.5 Å². The summed E-state index contributed by atoms with van der Waals surface area (Å²) < 4.78 is 0. The van der Waals surface area contributed by atoms with E-state index in [0.717, 1.165) is 38.8 Å². The van der Waals surface area contributed by atoms with Crippen molar-refractivity contribution in [1.29, 1.82) is 0 Å². The summed E-state index contributed by atoms with van der Waals surface area (Å²) in [4.78, 5) is 13.9. The van der Waals surface area contributed by atoms with Crippen LogP contribution in [0.4, 0.5) is 0 Å². The number of hydrogen-bond donors (Lipinski definition) is 1. The highest BCUT2D eigenvalue weighted by atomic mass is 35.5. The highest BCUT2D eigenvalue weighted by Crippen LogP contribution is 2.24. The number of halogens is 1. The fraction of sp³-hybridized carbons (Fsp3) is 0.588. The topological polar surface area (TPSA) is 32.3 Å². The second kappa shape index (κ2) is 8.40. The molecule has 0 aromatic heterocycles. The SMILES string of the molecule is CCN(Cc1ccccc1)C1CCC(NC(=O)CCl)CC1. The van der Waals surface area contributed by atoms with E-state index in [0.29, 0.717) is 12.1 Å². The minimum absolute atomic E-state index is 0.0447. The van der Waals surface area contributed by atoms with E-state index >= 15 is 0 Å². The Kier molecular flexibility index (Phi) is 6.52. The second-order valence-electron chi connectivity index (χ2n) is 5.76. The van der Waals surface area contributed by atoms with Gasteiger partial charge in [0.1, 0.15) is 5.88 Å². The van der Waals surface area contributed by atoms with Gasteiger partial charge in [-0.15, -0.1) is 11.6 Å². The van der Waals surface area contributed by atoms with E-state index in [1.54, 1.807) is 0 Å². The van der Waals surface area contributed by atoms with E-state index in [9.17, 15) is 4.79 Å². The minimum Gasteiger partial charge on any atom is -0.352 e. The Morgan fingerprint density at radius 3 is 2.48 bits per heavy atom. The first kappa shape index (κ1) is 16.3. The fourth-order valence-electron chi connectivity index (χ4n) is 3.17. The van der Waals surface area contributed by atoms with Gasteiger partial charge in [-0.3, -0.25) is 9.69 Å². The zero-order valence-corrected chi connectivity index (χ0v) is 13.5. The summed E-state index contributed by atoms with van der Waals surface area (Å²) in [5.74, 6) is 0.0198. The van der Waals surface area contributed by atoms with E-state index in [4.69, 9.17) is 11.6 Å². The van der Waals surface area contributed by atoms with Gasteiger partial charge in [0.25, 0.3) is 0 Å². The number of benzene rings is 1. The molecule has 0 atom stereocenters. The molecule has 21 heavy (non-hydrogen) atoms. The lowest BCUT2D eigenvalue weighted by Gasteiger charge is -2.36. The molecule has 0 bridgehead atoms. The number of alkyl halides is 1. The van der Waals surface area contributed by atoms with E-state index < -0.39 is 0 Å². The fourth-order valence-corrected chi connectivity index (χ4v) is 3.25. The van der Waals surface area contributed by atoms with Crippen LogP contribution in [-0.4, -0.2) is 35.3 Å². The standard InChI is InChI=1S/C17H25ClN2O/c1-2-20(13-14-6-4-3-5-7-14)16-10-8-15(9-11-16)19-17(21)12-18/h3-7,15-16H,2,8-13H2,1H3,(H,19,21). The Morgan fingerprint density at radius 2 is 1.90 bits per heavy atom. The lowest BCUT2D eigenvalue weighted by molar-refractivity contribution is -0.119. The number of amides is 1. The van der Waals surface area contributed by atoms with Crippen LogP contribution in [0.3, 0.4) is 0 Å². The third kappa shape index (κ3) is 5.01. The van der Waals surface area contributed by atoms with Gasteiger partial charge in [-0.2, -0.15) is 0 Å². The lowest BCUT2D eigenvalue weighted by atomic mass is 9.90. The number of hydrogen-bond acceptors (Lipinski definition) is 2. The summed E-state index contributed by atoms with van der Waals surface area (Å²) in [6.07, 6.45) is 4.40. The number of nitrogens with one attached hydrogen (secondary N) is 1. The smallest absolute Gasteiger partial charge is 0.235 e. The van der Waals surface area contributed by atoms with Crippen LogP contribution in [-0.2, 0) is 11.3 Å². The Hall–Kier alpha value is -1.06. The molecular weight excluding hydrogens is 284 g/mol. The molecule has 2 rings (SSSR count). The van der Waals surface area contributed by atoms with Crippen molar-refractivity contribution < 1.29 is 4.79 Å². The van der Waals surface area contributed by atoms with Gasteiger partial charge in [0.05, 0.1) is 0 Å². The molecule has 0 unspecified atom stereocenters. The largest absolute Gasteiger partial charge is 0.352 e. The van der Waals surface area contributed by atoms with Crippen molar-refractivity contribution in [2.45, 2.75) is 51.2 Å². The number of carbonyl (C=O) groups is 1. The monoisotopic (exact) mass is 308 g/mol. The van der Waals surface area contributed by atoms with Crippen LogP contribution in [0.5, 0.6) is 0 Å². The zero-order valence-electron chi connectivity index (χ0n) is 12.7. The quantitative estimate of drug-likeness (QED) is 0.819. The van der Waals surface area contributed by atoms with Gasteiger partial charge in [-0.25, -0.2) is 0 Å². The summed E-state index contributed by atoms with van der Waals surface area (Å²) in [6, 6.07) is 11.6. The second-order valence-corrected chi connectivity index (χ2v) is 6.02. The molecule has 1 aliphatic carbocycles. The maximum absolute atomic E-state index is 11.3. The molecule has 1 saturated carbocycles. The van der Waals surface area contributed by atoms with Crippen LogP contribution in [0.2, 0.25) is 0 Å². The van der Waals surface area contributed by atoms with E-state index in [1.165, 1.54) is 5.56 Å². The average molecular weight is 309 g/mol. The van der Waals surface area contributed by atoms with Crippen molar-refractivity contribution in [2.24, 2.45) is 0 Å². The normalized spacial score (nSPS) is 22.2. The molecule has 0 radical (unpaired) electrons. The van der Waals surface area contributed by atoms with Gasteiger partial charge >= 0.3 is 0 Å². The molecule has 0 aliphatic heterocycles. The van der Waals surface area contributed by atoms with Crippen molar-refractivity contribution in [3.63, 3.8) is 0 Å².